The molecular formula is C12H12N4. The average molecular weight is 212 g/mol. The molecule has 2 aromatic heterocycles. The Hall–Kier alpha value is -2.23. The number of nitrogens with two attached hydrogens (primary N) is 1. The van der Waals surface area contributed by atoms with Crippen LogP contribution in [-0.2, 0) is 0 Å². The number of nitrogen functional groups attached to an aromatic ring is 1. The van der Waals surface area contributed by atoms with Crippen molar-refractivity contribution in [1.29, 1.82) is 0 Å². The van der Waals surface area contributed by atoms with Crippen molar-refractivity contribution < 1.29 is 0 Å². The third kappa shape index (κ3) is 1.20. The molecule has 3 aromatic rings. The molecule has 0 aliphatic carbocycles. The Balaban J connectivity index is 2.20. The van der Waals surface area contributed by atoms with Crippen LogP contribution in [0.2, 0.25) is 0 Å². The summed E-state index contributed by atoms with van der Waals surface area (Å²) < 4.78 is 1.85. The Morgan fingerprint density at radius 1 is 1.25 bits per heavy atom. The molecule has 0 saturated heterocycles. The van der Waals surface area contributed by atoms with E-state index in [1.165, 1.54) is 0 Å². The third-order valence-corrected chi connectivity index (χ3v) is 2.71. The Bertz CT molecular complexity index is 634. The fourth-order valence-corrected chi connectivity index (χ4v) is 1.81. The predicted octanol–water partition coefficient (Wildman–Crippen LogP) is 2.22. The van der Waals surface area contributed by atoms with Gasteiger partial charge in [0.05, 0.1) is 23.3 Å². The number of nitrogens with zero attached hydrogens (tertiary/aromatic N) is 2. The maximum Gasteiger partial charge on any atom is 0.177 e. The van der Waals surface area contributed by atoms with Crippen LogP contribution >= 0.6 is 0 Å². The molecule has 0 amide bonds. The van der Waals surface area contributed by atoms with E-state index in [1.54, 1.807) is 0 Å². The van der Waals surface area contributed by atoms with Crippen molar-refractivity contribution in [2.75, 3.05) is 5.73 Å². The van der Waals surface area contributed by atoms with E-state index < -0.39 is 0 Å². The molecule has 1 aromatic carbocycles. The summed E-state index contributed by atoms with van der Waals surface area (Å²) in [6.07, 6.45) is 1.95. The van der Waals surface area contributed by atoms with E-state index in [-0.39, 0.29) is 0 Å². The van der Waals surface area contributed by atoms with E-state index in [0.29, 0.717) is 5.69 Å². The van der Waals surface area contributed by atoms with Gasteiger partial charge in [-0.3, -0.25) is 5.10 Å². The predicted molar refractivity (Wildman–Crippen MR) is 64.1 cm³/mol. The van der Waals surface area contributed by atoms with Gasteiger partial charge in [-0.15, -0.1) is 0 Å². The van der Waals surface area contributed by atoms with Gasteiger partial charge in [0.1, 0.15) is 0 Å². The topological polar surface area (TPSA) is 59.1 Å². The van der Waals surface area contributed by atoms with Gasteiger partial charge in [0.2, 0.25) is 0 Å². The minimum absolute atomic E-state index is 0.710. The van der Waals surface area contributed by atoms with Crippen LogP contribution in [0.25, 0.3) is 16.9 Å². The van der Waals surface area contributed by atoms with Gasteiger partial charge in [0, 0.05) is 5.56 Å². The minimum atomic E-state index is 0.710. The molecule has 0 aliphatic rings. The Morgan fingerprint density at radius 3 is 2.69 bits per heavy atom. The second kappa shape index (κ2) is 3.13. The largest absolute Gasteiger partial charge is 0.394 e. The fourth-order valence-electron chi connectivity index (χ4n) is 1.81. The summed E-state index contributed by atoms with van der Waals surface area (Å²) in [7, 11) is 0. The number of H-pyrrole nitrogens is 1. The number of rotatable bonds is 1. The van der Waals surface area contributed by atoms with E-state index in [2.05, 4.69) is 10.1 Å². The number of aryl methyl sites for hydroxylation is 1. The van der Waals surface area contributed by atoms with Crippen LogP contribution in [0.5, 0.6) is 0 Å². The van der Waals surface area contributed by atoms with E-state index in [9.17, 15) is 0 Å². The van der Waals surface area contributed by atoms with Gasteiger partial charge in [-0.05, 0) is 6.92 Å². The maximum atomic E-state index is 5.92. The first kappa shape index (κ1) is 9.03. The highest BCUT2D eigenvalue weighted by Crippen LogP contribution is 2.22. The lowest BCUT2D eigenvalue weighted by Crippen LogP contribution is -1.86. The second-order valence-corrected chi connectivity index (χ2v) is 3.84. The molecule has 80 valence electrons. The van der Waals surface area contributed by atoms with Crippen LogP contribution < -0.4 is 5.73 Å². The van der Waals surface area contributed by atoms with Crippen LogP contribution in [0, 0.1) is 6.92 Å². The van der Waals surface area contributed by atoms with E-state index in [4.69, 9.17) is 5.73 Å². The number of hydrogen-bond donors (Lipinski definition) is 2. The van der Waals surface area contributed by atoms with Crippen molar-refractivity contribution in [2.24, 2.45) is 0 Å². The summed E-state index contributed by atoms with van der Waals surface area (Å²) in [6, 6.07) is 10.1. The van der Waals surface area contributed by atoms with Crippen LogP contribution in [0.1, 0.15) is 5.69 Å². The van der Waals surface area contributed by atoms with Crippen molar-refractivity contribution in [1.82, 2.24) is 14.6 Å². The van der Waals surface area contributed by atoms with Gasteiger partial charge in [-0.25, -0.2) is 9.50 Å². The van der Waals surface area contributed by atoms with Crippen LogP contribution in [0.4, 0.5) is 5.69 Å². The molecule has 0 fully saturated rings. The molecular weight excluding hydrogens is 200 g/mol. The standard InChI is InChI=1S/C12H12N4/c1-8-11(13)12-14-10(7-16(12)15-8)9-5-3-2-4-6-9/h2-7,15H,13H2,1H3. The highest BCUT2D eigenvalue weighted by Gasteiger charge is 2.09. The van der Waals surface area contributed by atoms with Gasteiger partial charge in [0.25, 0.3) is 0 Å². The molecule has 3 N–H and O–H groups in total. The molecule has 2 heterocycles. The normalized spacial score (nSPS) is 11.1. The number of fused-ring (bicyclic) bond motifs is 1. The SMILES string of the molecule is Cc1[nH]n2cc(-c3ccccc3)nc2c1N. The first-order valence-electron chi connectivity index (χ1n) is 5.14. The summed E-state index contributed by atoms with van der Waals surface area (Å²) in [5.41, 5.74) is 10.4. The van der Waals surface area contributed by atoms with Crippen molar-refractivity contribution >= 4 is 11.3 Å². The molecule has 0 atom stereocenters. The van der Waals surface area contributed by atoms with Crippen molar-refractivity contribution in [3.63, 3.8) is 0 Å². The number of aromatic nitrogens is 3. The number of aromatic amines is 1. The van der Waals surface area contributed by atoms with E-state index >= 15 is 0 Å². The highest BCUT2D eigenvalue weighted by atomic mass is 15.3. The molecule has 4 heteroatoms. The summed E-state index contributed by atoms with van der Waals surface area (Å²) in [4.78, 5) is 4.51. The van der Waals surface area contributed by atoms with Crippen molar-refractivity contribution in [3.8, 4) is 11.3 Å². The smallest absolute Gasteiger partial charge is 0.177 e. The van der Waals surface area contributed by atoms with Gasteiger partial charge in [0.15, 0.2) is 5.65 Å². The summed E-state index contributed by atoms with van der Waals surface area (Å²) in [5, 5.41) is 3.15. The maximum absolute atomic E-state index is 5.92. The molecule has 0 unspecified atom stereocenters. The van der Waals surface area contributed by atoms with Crippen LogP contribution in [0.15, 0.2) is 36.5 Å². The number of imidazole rings is 1. The lowest BCUT2D eigenvalue weighted by atomic mass is 10.2. The van der Waals surface area contributed by atoms with Gasteiger partial charge in [-0.1, -0.05) is 30.3 Å². The zero-order chi connectivity index (χ0) is 11.1. The van der Waals surface area contributed by atoms with Crippen molar-refractivity contribution in [2.45, 2.75) is 6.92 Å². The molecule has 0 aliphatic heterocycles. The Morgan fingerprint density at radius 2 is 2.00 bits per heavy atom. The number of benzene rings is 1. The molecule has 0 spiro atoms. The number of anilines is 1. The zero-order valence-electron chi connectivity index (χ0n) is 8.94. The summed E-state index contributed by atoms with van der Waals surface area (Å²) in [6.45, 7) is 1.94. The van der Waals surface area contributed by atoms with E-state index in [0.717, 1.165) is 22.6 Å². The minimum Gasteiger partial charge on any atom is -0.394 e. The van der Waals surface area contributed by atoms with Gasteiger partial charge < -0.3 is 5.73 Å². The lowest BCUT2D eigenvalue weighted by molar-refractivity contribution is 0.945. The zero-order valence-corrected chi connectivity index (χ0v) is 8.94. The Labute approximate surface area is 92.7 Å². The summed E-state index contributed by atoms with van der Waals surface area (Å²) >= 11 is 0. The van der Waals surface area contributed by atoms with Crippen LogP contribution in [-0.4, -0.2) is 14.6 Å². The quantitative estimate of drug-likeness (QED) is 0.649. The third-order valence-electron chi connectivity index (χ3n) is 2.71. The first-order chi connectivity index (χ1) is 7.75. The molecule has 0 radical (unpaired) electrons. The molecule has 0 saturated carbocycles. The molecule has 16 heavy (non-hydrogen) atoms. The average Bonchev–Trinajstić information content (AvgIpc) is 2.82. The van der Waals surface area contributed by atoms with Crippen molar-refractivity contribution in [3.05, 3.63) is 42.2 Å². The van der Waals surface area contributed by atoms with E-state index in [1.807, 2.05) is 48.0 Å². The van der Waals surface area contributed by atoms with Crippen LogP contribution in [0.3, 0.4) is 0 Å². The number of hydrogen-bond acceptors (Lipinski definition) is 2. The lowest BCUT2D eigenvalue weighted by Gasteiger charge is -1.93. The summed E-state index contributed by atoms with van der Waals surface area (Å²) in [5.74, 6) is 0. The van der Waals surface area contributed by atoms with Gasteiger partial charge in [-0.2, -0.15) is 0 Å². The first-order valence-corrected chi connectivity index (χ1v) is 5.14. The number of nitrogens with one attached hydrogen (secondary N) is 1. The second-order valence-electron chi connectivity index (χ2n) is 3.84. The van der Waals surface area contributed by atoms with Gasteiger partial charge >= 0.3 is 0 Å². The fraction of sp³-hybridized carbons (Fsp3) is 0.0833. The monoisotopic (exact) mass is 212 g/mol. The Kier molecular flexibility index (Phi) is 1.77. The molecule has 0 bridgehead atoms. The highest BCUT2D eigenvalue weighted by molar-refractivity contribution is 5.72. The molecule has 3 rings (SSSR count). The molecule has 4 nitrogen and oxygen atoms in total.